The number of ether oxygens (including phenoxy) is 1. The van der Waals surface area contributed by atoms with Gasteiger partial charge in [-0.25, -0.2) is 0 Å². The van der Waals surface area contributed by atoms with Crippen LogP contribution in [0.25, 0.3) is 0 Å². The van der Waals surface area contributed by atoms with Crippen LogP contribution in [0.4, 0.5) is 0 Å². The van der Waals surface area contributed by atoms with Crippen LogP contribution in [0.15, 0.2) is 0 Å². The zero-order valence-electron chi connectivity index (χ0n) is 10.8. The summed E-state index contributed by atoms with van der Waals surface area (Å²) in [6, 6.07) is 0. The van der Waals surface area contributed by atoms with E-state index in [0.717, 1.165) is 6.42 Å². The van der Waals surface area contributed by atoms with E-state index in [2.05, 4.69) is 19.2 Å². The van der Waals surface area contributed by atoms with E-state index in [0.29, 0.717) is 25.5 Å². The predicted molar refractivity (Wildman–Crippen MR) is 64.2 cm³/mol. The molecule has 0 radical (unpaired) electrons. The maximum atomic E-state index is 11.2. The molecule has 0 aliphatic carbocycles. The number of nitrogens with one attached hydrogen (secondary N) is 1. The van der Waals surface area contributed by atoms with E-state index in [9.17, 15) is 4.79 Å². The second-order valence-electron chi connectivity index (χ2n) is 4.71. The second-order valence-corrected chi connectivity index (χ2v) is 4.71. The third-order valence-electron chi connectivity index (χ3n) is 2.13. The van der Waals surface area contributed by atoms with Crippen LogP contribution in [-0.4, -0.2) is 36.4 Å². The zero-order valence-corrected chi connectivity index (χ0v) is 10.8. The van der Waals surface area contributed by atoms with Crippen LogP contribution < -0.4 is 5.32 Å². The number of carbonyl (C=O) groups excluding carboxylic acids is 1. The van der Waals surface area contributed by atoms with Gasteiger partial charge in [0, 0.05) is 13.0 Å². The number of hydrogen-bond donors (Lipinski definition) is 2. The van der Waals surface area contributed by atoms with Crippen LogP contribution in [0.2, 0.25) is 0 Å². The lowest BCUT2D eigenvalue weighted by molar-refractivity contribution is -0.123. The summed E-state index contributed by atoms with van der Waals surface area (Å²) in [6.45, 7) is 8.71. The molecule has 0 bridgehead atoms. The molecule has 96 valence electrons. The molecular weight excluding hydrogens is 206 g/mol. The van der Waals surface area contributed by atoms with Gasteiger partial charge in [0.15, 0.2) is 0 Å². The average Bonchev–Trinajstić information content (AvgIpc) is 2.13. The minimum Gasteiger partial charge on any atom is -0.392 e. The third-order valence-corrected chi connectivity index (χ3v) is 2.13. The fourth-order valence-electron chi connectivity index (χ4n) is 1.43. The Morgan fingerprint density at radius 2 is 1.94 bits per heavy atom. The minimum absolute atomic E-state index is 0.0716. The number of aliphatic hydroxyl groups excluding tert-OH is 1. The summed E-state index contributed by atoms with van der Waals surface area (Å²) >= 11 is 0. The van der Waals surface area contributed by atoms with Crippen molar-refractivity contribution >= 4 is 5.91 Å². The topological polar surface area (TPSA) is 58.6 Å². The number of hydrogen-bond acceptors (Lipinski definition) is 3. The number of amides is 1. The van der Waals surface area contributed by atoms with Gasteiger partial charge in [-0.1, -0.05) is 13.8 Å². The molecule has 0 fully saturated rings. The first-order chi connectivity index (χ1) is 7.41. The first kappa shape index (κ1) is 15.4. The van der Waals surface area contributed by atoms with Crippen molar-refractivity contribution in [2.24, 2.45) is 5.92 Å². The average molecular weight is 231 g/mol. The summed E-state index contributed by atoms with van der Waals surface area (Å²) in [6.07, 6.45) is 1.07. The summed E-state index contributed by atoms with van der Waals surface area (Å²) in [5.74, 6) is 0.539. The lowest BCUT2D eigenvalue weighted by Gasteiger charge is -2.15. The van der Waals surface area contributed by atoms with Gasteiger partial charge in [0.1, 0.15) is 0 Å². The molecule has 0 saturated carbocycles. The third kappa shape index (κ3) is 9.93. The van der Waals surface area contributed by atoms with Gasteiger partial charge in [0.05, 0.1) is 18.8 Å². The van der Waals surface area contributed by atoms with Crippen molar-refractivity contribution in [3.8, 4) is 0 Å². The Bertz CT molecular complexity index is 193. The largest absolute Gasteiger partial charge is 0.392 e. The van der Waals surface area contributed by atoms with E-state index < -0.39 is 6.10 Å². The van der Waals surface area contributed by atoms with Gasteiger partial charge in [0.25, 0.3) is 0 Å². The van der Waals surface area contributed by atoms with Gasteiger partial charge < -0.3 is 15.2 Å². The van der Waals surface area contributed by atoms with Gasteiger partial charge in [-0.05, 0) is 26.2 Å². The first-order valence-electron chi connectivity index (χ1n) is 5.98. The summed E-state index contributed by atoms with van der Waals surface area (Å²) in [7, 11) is 0. The normalized spacial score (nSPS) is 14.9. The molecule has 0 rings (SSSR count). The van der Waals surface area contributed by atoms with Crippen LogP contribution in [0.3, 0.4) is 0 Å². The lowest BCUT2D eigenvalue weighted by atomic mass is 10.1. The lowest BCUT2D eigenvalue weighted by Crippen LogP contribution is -2.31. The van der Waals surface area contributed by atoms with Crippen LogP contribution in [-0.2, 0) is 9.53 Å². The molecule has 0 aromatic heterocycles. The SMILES string of the molecule is CC(C)CC(C)OCCC(=O)NCC(C)O. The molecule has 0 aliphatic heterocycles. The van der Waals surface area contributed by atoms with E-state index in [1.807, 2.05) is 6.92 Å². The first-order valence-corrected chi connectivity index (χ1v) is 5.98. The van der Waals surface area contributed by atoms with E-state index in [1.165, 1.54) is 0 Å². The maximum absolute atomic E-state index is 11.2. The smallest absolute Gasteiger partial charge is 0.222 e. The molecule has 2 unspecified atom stereocenters. The summed E-state index contributed by atoms with van der Waals surface area (Å²) in [5.41, 5.74) is 0. The molecular formula is C12H25NO3. The molecule has 4 nitrogen and oxygen atoms in total. The van der Waals surface area contributed by atoms with E-state index in [4.69, 9.17) is 9.84 Å². The van der Waals surface area contributed by atoms with Crippen LogP contribution in [0.1, 0.15) is 40.5 Å². The Morgan fingerprint density at radius 1 is 1.31 bits per heavy atom. The number of carbonyl (C=O) groups is 1. The van der Waals surface area contributed by atoms with Crippen molar-refractivity contribution < 1.29 is 14.6 Å². The second kappa shape index (κ2) is 8.53. The van der Waals surface area contributed by atoms with Crippen molar-refractivity contribution in [3.63, 3.8) is 0 Å². The molecule has 2 atom stereocenters. The molecule has 0 aromatic rings. The molecule has 0 heterocycles. The van der Waals surface area contributed by atoms with Gasteiger partial charge >= 0.3 is 0 Å². The zero-order chi connectivity index (χ0) is 12.6. The summed E-state index contributed by atoms with van der Waals surface area (Å²) in [4.78, 5) is 11.2. The highest BCUT2D eigenvalue weighted by Gasteiger charge is 2.07. The van der Waals surface area contributed by atoms with Crippen molar-refractivity contribution in [1.29, 1.82) is 0 Å². The fourth-order valence-corrected chi connectivity index (χ4v) is 1.43. The molecule has 16 heavy (non-hydrogen) atoms. The monoisotopic (exact) mass is 231 g/mol. The van der Waals surface area contributed by atoms with Gasteiger partial charge in [-0.2, -0.15) is 0 Å². The highest BCUT2D eigenvalue weighted by molar-refractivity contribution is 5.75. The fraction of sp³-hybridized carbons (Fsp3) is 0.917. The number of aliphatic hydroxyl groups is 1. The van der Waals surface area contributed by atoms with Crippen molar-refractivity contribution in [1.82, 2.24) is 5.32 Å². The summed E-state index contributed by atoms with van der Waals surface area (Å²) in [5, 5.41) is 11.6. The highest BCUT2D eigenvalue weighted by Crippen LogP contribution is 2.07. The molecule has 0 saturated heterocycles. The van der Waals surface area contributed by atoms with Crippen molar-refractivity contribution in [2.45, 2.75) is 52.7 Å². The Balaban J connectivity index is 3.46. The molecule has 0 aliphatic rings. The maximum Gasteiger partial charge on any atom is 0.222 e. The van der Waals surface area contributed by atoms with Crippen LogP contribution >= 0.6 is 0 Å². The van der Waals surface area contributed by atoms with Crippen LogP contribution in [0.5, 0.6) is 0 Å². The minimum atomic E-state index is -0.496. The Morgan fingerprint density at radius 3 is 2.44 bits per heavy atom. The predicted octanol–water partition coefficient (Wildman–Crippen LogP) is 1.32. The number of rotatable bonds is 8. The van der Waals surface area contributed by atoms with Gasteiger partial charge in [-0.3, -0.25) is 4.79 Å². The molecule has 0 aromatic carbocycles. The molecule has 1 amide bonds. The summed E-state index contributed by atoms with van der Waals surface area (Å²) < 4.78 is 5.51. The Kier molecular flexibility index (Phi) is 8.21. The van der Waals surface area contributed by atoms with Gasteiger partial charge in [0.2, 0.25) is 5.91 Å². The van der Waals surface area contributed by atoms with Gasteiger partial charge in [-0.15, -0.1) is 0 Å². The van der Waals surface area contributed by atoms with E-state index in [1.54, 1.807) is 6.92 Å². The highest BCUT2D eigenvalue weighted by atomic mass is 16.5. The van der Waals surface area contributed by atoms with Crippen LogP contribution in [0, 0.1) is 5.92 Å². The van der Waals surface area contributed by atoms with Crippen molar-refractivity contribution in [3.05, 3.63) is 0 Å². The van der Waals surface area contributed by atoms with Crippen molar-refractivity contribution in [2.75, 3.05) is 13.2 Å². The molecule has 4 heteroatoms. The molecule has 2 N–H and O–H groups in total. The Hall–Kier alpha value is -0.610. The Labute approximate surface area is 98.4 Å². The van der Waals surface area contributed by atoms with E-state index >= 15 is 0 Å². The molecule has 0 spiro atoms. The quantitative estimate of drug-likeness (QED) is 0.662. The van der Waals surface area contributed by atoms with E-state index in [-0.39, 0.29) is 12.0 Å². The standard InChI is InChI=1S/C12H25NO3/c1-9(2)7-11(4)16-6-5-12(15)13-8-10(3)14/h9-11,14H,5-8H2,1-4H3,(H,13,15).